The summed E-state index contributed by atoms with van der Waals surface area (Å²) in [4.78, 5) is 48.6. The molecule has 0 fully saturated rings. The van der Waals surface area contributed by atoms with Crippen molar-refractivity contribution in [3.63, 3.8) is 0 Å². The number of benzene rings is 2. The van der Waals surface area contributed by atoms with Gasteiger partial charge in [-0.3, -0.25) is 19.7 Å². The molecule has 0 aliphatic carbocycles. The first kappa shape index (κ1) is 25.8. The number of carbonyl (C=O) groups excluding carboxylic acids is 4. The first-order chi connectivity index (χ1) is 17.3. The molecule has 0 saturated heterocycles. The molecule has 2 aromatic carbocycles. The highest BCUT2D eigenvalue weighted by Gasteiger charge is 2.17. The minimum absolute atomic E-state index is 0.0865. The molecule has 3 amide bonds. The summed E-state index contributed by atoms with van der Waals surface area (Å²) in [5, 5.41) is 4.83. The monoisotopic (exact) mass is 495 g/mol. The lowest BCUT2D eigenvalue weighted by molar-refractivity contribution is -0.123. The molecule has 0 aliphatic heterocycles. The number of amides is 3. The van der Waals surface area contributed by atoms with Crippen LogP contribution in [0.4, 0.5) is 5.69 Å². The van der Waals surface area contributed by atoms with Crippen molar-refractivity contribution in [2.45, 2.75) is 0 Å². The number of rotatable bonds is 10. The van der Waals surface area contributed by atoms with Crippen molar-refractivity contribution >= 4 is 29.4 Å². The van der Waals surface area contributed by atoms with E-state index < -0.39 is 30.3 Å². The number of anilines is 1. The number of hydrogen-bond acceptors (Lipinski definition) is 8. The van der Waals surface area contributed by atoms with Crippen molar-refractivity contribution in [3.05, 3.63) is 72.1 Å². The quantitative estimate of drug-likeness (QED) is 0.409. The van der Waals surface area contributed by atoms with Crippen LogP contribution in [0.1, 0.15) is 20.8 Å². The van der Waals surface area contributed by atoms with Crippen molar-refractivity contribution in [1.82, 2.24) is 9.88 Å². The van der Waals surface area contributed by atoms with Crippen molar-refractivity contribution in [2.75, 3.05) is 32.8 Å². The Bertz CT molecular complexity index is 1250. The van der Waals surface area contributed by atoms with E-state index in [1.54, 1.807) is 61.3 Å². The predicted octanol–water partition coefficient (Wildman–Crippen LogP) is 2.17. The van der Waals surface area contributed by atoms with Crippen LogP contribution in [0.2, 0.25) is 0 Å². The molecule has 1 heterocycles. The van der Waals surface area contributed by atoms with Crippen LogP contribution in [-0.4, -0.2) is 55.7 Å². The van der Waals surface area contributed by atoms with Crippen molar-refractivity contribution in [3.8, 4) is 17.2 Å². The van der Waals surface area contributed by atoms with E-state index in [0.717, 1.165) is 0 Å². The van der Waals surface area contributed by atoms with Gasteiger partial charge in [0.15, 0.2) is 24.7 Å². The highest BCUT2D eigenvalue weighted by Crippen LogP contribution is 2.28. The predicted molar refractivity (Wildman–Crippen MR) is 128 cm³/mol. The Balaban J connectivity index is 1.51. The van der Waals surface area contributed by atoms with Crippen LogP contribution in [0.3, 0.4) is 0 Å². The Kier molecular flexibility index (Phi) is 8.65. The van der Waals surface area contributed by atoms with E-state index in [4.69, 9.17) is 18.9 Å². The second kappa shape index (κ2) is 12.1. The Morgan fingerprint density at radius 1 is 0.861 bits per heavy atom. The van der Waals surface area contributed by atoms with E-state index in [1.807, 2.05) is 0 Å². The molecule has 11 nitrogen and oxygen atoms in total. The molecular weight excluding hydrogens is 470 g/mol. The number of esters is 1. The summed E-state index contributed by atoms with van der Waals surface area (Å²) in [5.41, 5.74) is 0.944. The molecule has 0 unspecified atom stereocenters. The Morgan fingerprint density at radius 3 is 2.25 bits per heavy atom. The fourth-order valence-electron chi connectivity index (χ4n) is 3.07. The summed E-state index contributed by atoms with van der Waals surface area (Å²) in [6.07, 6.45) is 1.66. The van der Waals surface area contributed by atoms with Gasteiger partial charge in [-0.15, -0.1) is 0 Å². The lowest BCUT2D eigenvalue weighted by Crippen LogP contribution is -2.35. The number of aryl methyl sites for hydroxylation is 1. The topological polar surface area (TPSA) is 134 Å². The molecule has 1 aromatic heterocycles. The van der Waals surface area contributed by atoms with Crippen LogP contribution in [0.25, 0.3) is 0 Å². The third-order valence-corrected chi connectivity index (χ3v) is 4.90. The van der Waals surface area contributed by atoms with Crippen LogP contribution in [0.15, 0.2) is 60.8 Å². The van der Waals surface area contributed by atoms with Gasteiger partial charge in [-0.25, -0.2) is 4.79 Å². The SMILES string of the molecule is COc1ccc(NC(=O)COc2ccc(C(=O)OCC(=O)NC(=O)c3cccn3C)cc2OC)cc1. The van der Waals surface area contributed by atoms with Crippen LogP contribution < -0.4 is 24.8 Å². The molecule has 0 bridgehead atoms. The summed E-state index contributed by atoms with van der Waals surface area (Å²) in [6, 6.07) is 14.2. The van der Waals surface area contributed by atoms with Crippen LogP contribution >= 0.6 is 0 Å². The molecule has 0 saturated carbocycles. The standard InChI is InChI=1S/C25H25N3O8/c1-28-12-4-5-19(28)24(31)27-23(30)15-36-25(32)16-6-11-20(21(13-16)34-3)35-14-22(29)26-17-7-9-18(33-2)10-8-17/h4-13H,14-15H2,1-3H3,(H,26,29)(H,27,30,31). The van der Waals surface area contributed by atoms with Gasteiger partial charge in [0.25, 0.3) is 17.7 Å². The molecule has 188 valence electrons. The maximum atomic E-state index is 12.4. The molecule has 0 aliphatic rings. The van der Waals surface area contributed by atoms with E-state index in [2.05, 4.69) is 10.6 Å². The Hall–Kier alpha value is -4.80. The van der Waals surface area contributed by atoms with Gasteiger partial charge in [0.2, 0.25) is 0 Å². The minimum atomic E-state index is -0.807. The molecule has 3 aromatic rings. The largest absolute Gasteiger partial charge is 0.497 e. The molecule has 0 atom stereocenters. The van der Waals surface area contributed by atoms with E-state index in [0.29, 0.717) is 11.4 Å². The summed E-state index contributed by atoms with van der Waals surface area (Å²) in [6.45, 7) is -0.956. The summed E-state index contributed by atoms with van der Waals surface area (Å²) in [7, 11) is 4.58. The van der Waals surface area contributed by atoms with E-state index in [-0.39, 0.29) is 29.4 Å². The van der Waals surface area contributed by atoms with Gasteiger partial charge >= 0.3 is 5.97 Å². The number of imide groups is 1. The molecule has 2 N–H and O–H groups in total. The first-order valence-electron chi connectivity index (χ1n) is 10.7. The normalized spacial score (nSPS) is 10.2. The van der Waals surface area contributed by atoms with Gasteiger partial charge in [0.1, 0.15) is 11.4 Å². The molecule has 36 heavy (non-hydrogen) atoms. The summed E-state index contributed by atoms with van der Waals surface area (Å²) >= 11 is 0. The average molecular weight is 495 g/mol. The van der Waals surface area contributed by atoms with Gasteiger partial charge in [0.05, 0.1) is 19.8 Å². The molecule has 0 spiro atoms. The maximum absolute atomic E-state index is 12.4. The first-order valence-corrected chi connectivity index (χ1v) is 10.7. The maximum Gasteiger partial charge on any atom is 0.338 e. The Labute approximate surface area is 206 Å². The zero-order valence-corrected chi connectivity index (χ0v) is 19.9. The summed E-state index contributed by atoms with van der Waals surface area (Å²) < 4.78 is 22.4. The number of methoxy groups -OCH3 is 2. The number of nitrogens with one attached hydrogen (secondary N) is 2. The molecule has 0 radical (unpaired) electrons. The number of carbonyl (C=O) groups is 4. The van der Waals surface area contributed by atoms with Crippen LogP contribution in [0, 0.1) is 0 Å². The number of aromatic nitrogens is 1. The Morgan fingerprint density at radius 2 is 1.61 bits per heavy atom. The minimum Gasteiger partial charge on any atom is -0.497 e. The third kappa shape index (κ3) is 6.86. The second-order valence-electron chi connectivity index (χ2n) is 7.39. The third-order valence-electron chi connectivity index (χ3n) is 4.90. The van der Waals surface area contributed by atoms with Gasteiger partial charge in [-0.2, -0.15) is 0 Å². The number of ether oxygens (including phenoxy) is 4. The van der Waals surface area contributed by atoms with Gasteiger partial charge in [-0.05, 0) is 54.6 Å². The van der Waals surface area contributed by atoms with Gasteiger partial charge < -0.3 is 28.8 Å². The van der Waals surface area contributed by atoms with E-state index in [9.17, 15) is 19.2 Å². The fourth-order valence-corrected chi connectivity index (χ4v) is 3.07. The van der Waals surface area contributed by atoms with Crippen LogP contribution in [0.5, 0.6) is 17.2 Å². The summed E-state index contributed by atoms with van der Waals surface area (Å²) in [5.74, 6) is -1.52. The van der Waals surface area contributed by atoms with Gasteiger partial charge in [0, 0.05) is 18.9 Å². The molecule has 3 rings (SSSR count). The second-order valence-corrected chi connectivity index (χ2v) is 7.39. The zero-order valence-electron chi connectivity index (χ0n) is 19.9. The highest BCUT2D eigenvalue weighted by atomic mass is 16.5. The fraction of sp³-hybridized carbons (Fsp3) is 0.200. The van der Waals surface area contributed by atoms with E-state index >= 15 is 0 Å². The van der Waals surface area contributed by atoms with Crippen molar-refractivity contribution in [1.29, 1.82) is 0 Å². The highest BCUT2D eigenvalue weighted by molar-refractivity contribution is 6.04. The van der Waals surface area contributed by atoms with Crippen molar-refractivity contribution < 1.29 is 38.1 Å². The number of hydrogen-bond donors (Lipinski definition) is 2. The van der Waals surface area contributed by atoms with E-state index in [1.165, 1.54) is 25.3 Å². The number of nitrogens with zero attached hydrogens (tertiary/aromatic N) is 1. The average Bonchev–Trinajstić information content (AvgIpc) is 3.32. The lowest BCUT2D eigenvalue weighted by atomic mass is 10.2. The molecule has 11 heteroatoms. The zero-order chi connectivity index (χ0) is 26.1. The molecular formula is C25H25N3O8. The smallest absolute Gasteiger partial charge is 0.338 e. The van der Waals surface area contributed by atoms with Crippen molar-refractivity contribution in [2.24, 2.45) is 7.05 Å². The van der Waals surface area contributed by atoms with Crippen LogP contribution in [-0.2, 0) is 21.4 Å². The van der Waals surface area contributed by atoms with Gasteiger partial charge in [-0.1, -0.05) is 0 Å². The lowest BCUT2D eigenvalue weighted by Gasteiger charge is -2.12.